The average molecular weight is 783 g/mol. The van der Waals surface area contributed by atoms with E-state index in [1.165, 1.54) is 0 Å². The lowest BCUT2D eigenvalue weighted by Gasteiger charge is -2.30. The second-order valence-corrected chi connectivity index (χ2v) is 17.4. The number of alkyl carbamates (subject to hydrolysis) is 1. The Morgan fingerprint density at radius 2 is 1.53 bits per heavy atom. The molecule has 0 unspecified atom stereocenters. The van der Waals surface area contributed by atoms with Gasteiger partial charge in [-0.2, -0.15) is 0 Å². The Bertz CT molecular complexity index is 1590. The Labute approximate surface area is 326 Å². The lowest BCUT2D eigenvalue weighted by molar-refractivity contribution is 0.0220. The van der Waals surface area contributed by atoms with Gasteiger partial charge < -0.3 is 43.3 Å². The number of hydrogen-bond donors (Lipinski definition) is 2. The van der Waals surface area contributed by atoms with Crippen molar-refractivity contribution in [3.8, 4) is 5.75 Å². The van der Waals surface area contributed by atoms with Crippen LogP contribution in [0.4, 0.5) is 9.59 Å². The molecule has 1 aliphatic rings. The zero-order valence-electron chi connectivity index (χ0n) is 33.1. The van der Waals surface area contributed by atoms with Crippen LogP contribution in [0.2, 0.25) is 0 Å². The number of amides is 2. The molecule has 2 N–H and O–H groups in total. The molecule has 1 aliphatic heterocycles. The van der Waals surface area contributed by atoms with Gasteiger partial charge in [-0.1, -0.05) is 86.6 Å². The summed E-state index contributed by atoms with van der Waals surface area (Å²) in [7, 11) is -3.69. The summed E-state index contributed by atoms with van der Waals surface area (Å²) in [4.78, 5) is 28.1. The number of rotatable bonds is 20. The summed E-state index contributed by atoms with van der Waals surface area (Å²) < 4.78 is 48.8. The molecule has 1 saturated heterocycles. The molecule has 0 spiro atoms. The molecular weight excluding hydrogens is 723 g/mol. The summed E-state index contributed by atoms with van der Waals surface area (Å²) in [5.74, 6) is 0.558. The summed E-state index contributed by atoms with van der Waals surface area (Å²) in [5, 5.41) is 12.6. The SMILES string of the molecule is CC(C)CN(CC[C@H](Cc1ccc(OCP(=O)(OCc2ccccc2)OCc2ccccc2)cc1)NC(=O)O[C@H]1CO[C@@H](C)[C@H]1CCO)C(=O)OC(C)(C)C. The van der Waals surface area contributed by atoms with Gasteiger partial charge in [0.05, 0.1) is 25.9 Å². The Balaban J connectivity index is 1.44. The van der Waals surface area contributed by atoms with Crippen LogP contribution in [0.15, 0.2) is 84.9 Å². The number of carbonyl (C=O) groups is 2. The van der Waals surface area contributed by atoms with Gasteiger partial charge in [-0.15, -0.1) is 0 Å². The maximum Gasteiger partial charge on any atom is 0.410 e. The van der Waals surface area contributed by atoms with Crippen LogP contribution >= 0.6 is 7.60 Å². The molecule has 4 rings (SSSR count). The highest BCUT2D eigenvalue weighted by Gasteiger charge is 2.37. The van der Waals surface area contributed by atoms with E-state index in [1.807, 2.05) is 114 Å². The maximum atomic E-state index is 13.9. The van der Waals surface area contributed by atoms with Crippen molar-refractivity contribution in [1.29, 1.82) is 0 Å². The molecule has 55 heavy (non-hydrogen) atoms. The molecule has 12 nitrogen and oxygen atoms in total. The normalized spacial score (nSPS) is 17.8. The third-order valence-corrected chi connectivity index (χ3v) is 10.5. The molecule has 0 radical (unpaired) electrons. The third kappa shape index (κ3) is 15.6. The molecule has 3 aromatic rings. The average Bonchev–Trinajstić information content (AvgIpc) is 3.49. The Morgan fingerprint density at radius 3 is 2.07 bits per heavy atom. The summed E-state index contributed by atoms with van der Waals surface area (Å²) in [5.41, 5.74) is 1.96. The van der Waals surface area contributed by atoms with E-state index in [9.17, 15) is 19.3 Å². The Morgan fingerprint density at radius 1 is 0.927 bits per heavy atom. The monoisotopic (exact) mass is 782 g/mol. The molecule has 1 heterocycles. The van der Waals surface area contributed by atoms with E-state index in [1.54, 1.807) is 17.0 Å². The minimum absolute atomic E-state index is 0.0303. The van der Waals surface area contributed by atoms with Gasteiger partial charge in [0, 0.05) is 31.7 Å². The van der Waals surface area contributed by atoms with Gasteiger partial charge >= 0.3 is 19.8 Å². The minimum atomic E-state index is -3.69. The van der Waals surface area contributed by atoms with Crippen molar-refractivity contribution >= 4 is 19.8 Å². The fourth-order valence-electron chi connectivity index (χ4n) is 6.15. The Kier molecular flexibility index (Phi) is 17.0. The predicted molar refractivity (Wildman–Crippen MR) is 211 cm³/mol. The van der Waals surface area contributed by atoms with E-state index in [2.05, 4.69) is 5.32 Å². The molecule has 302 valence electrons. The first-order valence-corrected chi connectivity index (χ1v) is 20.8. The molecule has 0 aromatic heterocycles. The standard InChI is InChI=1S/C42H59N2O10P/c1-31(2)26-44(41(47)54-42(4,5)6)23-21-36(43-40(46)53-39-29-49-32(3)38(39)22-24-45)25-33-17-19-37(20-18-33)50-30-55(48,51-27-34-13-9-7-10-14-34)52-28-35-15-11-8-12-16-35/h7-20,31-32,36,38-39,45H,21-30H2,1-6H3,(H,43,46)/t32-,36+,38+,39-/m0/s1. The van der Waals surface area contributed by atoms with Crippen molar-refractivity contribution in [2.24, 2.45) is 11.8 Å². The van der Waals surface area contributed by atoms with Crippen LogP contribution < -0.4 is 10.1 Å². The van der Waals surface area contributed by atoms with Crippen LogP contribution in [0.25, 0.3) is 0 Å². The predicted octanol–water partition coefficient (Wildman–Crippen LogP) is 8.36. The number of ether oxygens (including phenoxy) is 4. The van der Waals surface area contributed by atoms with E-state index in [4.69, 9.17) is 28.0 Å². The second-order valence-electron chi connectivity index (χ2n) is 15.4. The smallest absolute Gasteiger partial charge is 0.410 e. The quantitative estimate of drug-likeness (QED) is 0.107. The van der Waals surface area contributed by atoms with E-state index < -0.39 is 37.5 Å². The van der Waals surface area contributed by atoms with Crippen molar-refractivity contribution < 1.29 is 47.3 Å². The van der Waals surface area contributed by atoms with Gasteiger partial charge in [0.15, 0.2) is 6.35 Å². The van der Waals surface area contributed by atoms with Crippen LogP contribution in [-0.2, 0) is 47.5 Å². The van der Waals surface area contributed by atoms with E-state index >= 15 is 0 Å². The zero-order chi connectivity index (χ0) is 39.8. The number of carbonyl (C=O) groups excluding carboxylic acids is 2. The van der Waals surface area contributed by atoms with E-state index in [0.717, 1.165) is 16.7 Å². The van der Waals surface area contributed by atoms with Crippen LogP contribution in [0, 0.1) is 11.8 Å². The van der Waals surface area contributed by atoms with Crippen molar-refractivity contribution in [2.75, 3.05) is 32.7 Å². The van der Waals surface area contributed by atoms with Gasteiger partial charge in [-0.25, -0.2) is 9.59 Å². The molecule has 3 aromatic carbocycles. The molecule has 0 aliphatic carbocycles. The number of aliphatic hydroxyl groups excluding tert-OH is 1. The minimum Gasteiger partial charge on any atom is -0.481 e. The fourth-order valence-corrected chi connectivity index (χ4v) is 7.37. The second kappa shape index (κ2) is 21.4. The molecular formula is C42H59N2O10P. The largest absolute Gasteiger partial charge is 0.481 e. The number of aliphatic hydroxyl groups is 1. The lowest BCUT2D eigenvalue weighted by Crippen LogP contribution is -2.44. The van der Waals surface area contributed by atoms with Gasteiger partial charge in [0.2, 0.25) is 0 Å². The first-order valence-electron chi connectivity index (χ1n) is 19.1. The zero-order valence-corrected chi connectivity index (χ0v) is 34.0. The van der Waals surface area contributed by atoms with Crippen molar-refractivity contribution in [3.05, 3.63) is 102 Å². The highest BCUT2D eigenvalue weighted by molar-refractivity contribution is 7.53. The van der Waals surface area contributed by atoms with Gasteiger partial charge in [-0.05, 0) is 81.7 Å². The number of nitrogens with one attached hydrogen (secondary N) is 1. The maximum absolute atomic E-state index is 13.9. The van der Waals surface area contributed by atoms with Gasteiger partial charge in [0.25, 0.3) is 0 Å². The van der Waals surface area contributed by atoms with Crippen LogP contribution in [0.1, 0.15) is 71.1 Å². The molecule has 0 saturated carbocycles. The van der Waals surface area contributed by atoms with E-state index in [0.29, 0.717) is 38.1 Å². The van der Waals surface area contributed by atoms with Crippen molar-refractivity contribution in [3.63, 3.8) is 0 Å². The van der Waals surface area contributed by atoms with Gasteiger partial charge in [-0.3, -0.25) is 4.57 Å². The summed E-state index contributed by atoms with van der Waals surface area (Å²) >= 11 is 0. The molecule has 13 heteroatoms. The van der Waals surface area contributed by atoms with Crippen molar-refractivity contribution in [2.45, 2.75) is 97.9 Å². The van der Waals surface area contributed by atoms with Crippen molar-refractivity contribution in [1.82, 2.24) is 10.2 Å². The highest BCUT2D eigenvalue weighted by Crippen LogP contribution is 2.49. The number of nitrogens with zero attached hydrogens (tertiary/aromatic N) is 1. The number of hydrogen-bond acceptors (Lipinski definition) is 10. The summed E-state index contributed by atoms with van der Waals surface area (Å²) in [6, 6.07) is 25.8. The lowest BCUT2D eigenvalue weighted by atomic mass is 9.96. The highest BCUT2D eigenvalue weighted by atomic mass is 31.2. The summed E-state index contributed by atoms with van der Waals surface area (Å²) in [6.45, 7) is 12.7. The van der Waals surface area contributed by atoms with E-state index in [-0.39, 0.29) is 50.7 Å². The number of benzene rings is 3. The van der Waals surface area contributed by atoms with Crippen LogP contribution in [0.3, 0.4) is 0 Å². The first-order chi connectivity index (χ1) is 26.2. The molecule has 4 atom stereocenters. The van der Waals surface area contributed by atoms with Gasteiger partial charge in [0.1, 0.15) is 17.5 Å². The fraction of sp³-hybridized carbons (Fsp3) is 0.524. The third-order valence-electron chi connectivity index (χ3n) is 8.97. The van der Waals surface area contributed by atoms with Crippen LogP contribution in [-0.4, -0.2) is 78.7 Å². The molecule has 2 amide bonds. The molecule has 0 bridgehead atoms. The first kappa shape index (κ1) is 43.8. The topological polar surface area (TPSA) is 142 Å². The molecule has 1 fully saturated rings. The van der Waals surface area contributed by atoms with Crippen LogP contribution in [0.5, 0.6) is 5.75 Å². The Hall–Kier alpha value is -3.93. The summed E-state index contributed by atoms with van der Waals surface area (Å²) in [6.07, 6.45) is -0.602.